The molecule has 0 radical (unpaired) electrons. The van der Waals surface area contributed by atoms with Gasteiger partial charge in [0.1, 0.15) is 0 Å². The van der Waals surface area contributed by atoms with Gasteiger partial charge in [0.2, 0.25) is 0 Å². The minimum Gasteiger partial charge on any atom is -0.359 e. The van der Waals surface area contributed by atoms with Crippen LogP contribution in [0.2, 0.25) is 0 Å². The van der Waals surface area contributed by atoms with Gasteiger partial charge in [0.25, 0.3) is 0 Å². The average molecular weight is 185 g/mol. The topological polar surface area (TPSA) is 83.8 Å². The monoisotopic (exact) mass is 185 g/mol. The zero-order valence-electron chi connectivity index (χ0n) is 8.71. The van der Waals surface area contributed by atoms with Gasteiger partial charge in [0.05, 0.1) is 0 Å². The molecule has 0 rings (SSSR count). The van der Waals surface area contributed by atoms with Crippen LogP contribution in [-0.2, 0) is 0 Å². The lowest BCUT2D eigenvalue weighted by Gasteiger charge is -2.26. The van der Waals surface area contributed by atoms with E-state index in [4.69, 9.17) is 10.8 Å². The first kappa shape index (κ1) is 11.7. The van der Waals surface area contributed by atoms with E-state index in [0.717, 1.165) is 6.42 Å². The summed E-state index contributed by atoms with van der Waals surface area (Å²) in [6, 6.07) is 0. The summed E-state index contributed by atoms with van der Waals surface area (Å²) < 4.78 is 0. The fourth-order valence-corrected chi connectivity index (χ4v) is 0.646. The average Bonchev–Trinajstić information content (AvgIpc) is 2.03. The van der Waals surface area contributed by atoms with Crippen LogP contribution in [-0.4, -0.2) is 24.5 Å². The van der Waals surface area contributed by atoms with Gasteiger partial charge in [-0.15, -0.1) is 0 Å². The summed E-state index contributed by atoms with van der Waals surface area (Å²) in [5.74, 6) is 0.260. The van der Waals surface area contributed by atoms with Crippen LogP contribution in [0.25, 0.3) is 0 Å². The fourth-order valence-electron chi connectivity index (χ4n) is 0.646. The Morgan fingerprint density at radius 2 is 1.77 bits per heavy atom. The molecule has 0 saturated heterocycles. The third kappa shape index (κ3) is 5.05. The van der Waals surface area contributed by atoms with Gasteiger partial charge in [-0.25, -0.2) is 0 Å². The number of guanidine groups is 2. The van der Waals surface area contributed by atoms with E-state index in [0.29, 0.717) is 0 Å². The van der Waals surface area contributed by atoms with E-state index >= 15 is 0 Å². The SMILES string of the molecule is CCC(C)(C)NC(=N)NC(=N)NC. The maximum absolute atomic E-state index is 7.48. The lowest BCUT2D eigenvalue weighted by atomic mass is 10.0. The zero-order valence-corrected chi connectivity index (χ0v) is 8.71. The lowest BCUT2D eigenvalue weighted by Crippen LogP contribution is -2.52. The molecule has 76 valence electrons. The number of hydrogen-bond acceptors (Lipinski definition) is 2. The Bertz CT molecular complexity index is 197. The molecule has 0 aromatic heterocycles. The van der Waals surface area contributed by atoms with Crippen molar-refractivity contribution in [2.75, 3.05) is 7.05 Å². The normalized spacial score (nSPS) is 10.5. The second-order valence-electron chi connectivity index (χ2n) is 3.49. The van der Waals surface area contributed by atoms with E-state index in [2.05, 4.69) is 16.0 Å². The molecule has 13 heavy (non-hydrogen) atoms. The third-order valence-corrected chi connectivity index (χ3v) is 1.85. The van der Waals surface area contributed by atoms with Crippen LogP contribution in [0.1, 0.15) is 27.2 Å². The minimum absolute atomic E-state index is 0.113. The standard InChI is InChI=1S/C8H19N5/c1-5-8(2,3)13-7(10)12-6(9)11-4/h5H2,1-4H3,(H5,9,10,11,12,13). The Balaban J connectivity index is 3.94. The Hall–Kier alpha value is -1.26. The molecule has 0 amide bonds. The molecule has 0 fully saturated rings. The van der Waals surface area contributed by atoms with Crippen molar-refractivity contribution in [3.8, 4) is 0 Å². The summed E-state index contributed by atoms with van der Waals surface area (Å²) in [6.45, 7) is 6.06. The molecule has 0 unspecified atom stereocenters. The fraction of sp³-hybridized carbons (Fsp3) is 0.750. The van der Waals surface area contributed by atoms with Crippen molar-refractivity contribution < 1.29 is 0 Å². The zero-order chi connectivity index (χ0) is 10.5. The number of nitrogens with one attached hydrogen (secondary N) is 5. The van der Waals surface area contributed by atoms with Crippen LogP contribution in [0.4, 0.5) is 0 Å². The number of rotatable bonds is 2. The highest BCUT2D eigenvalue weighted by atomic mass is 15.2. The molecule has 0 bridgehead atoms. The summed E-state index contributed by atoms with van der Waals surface area (Å²) in [7, 11) is 1.63. The first-order chi connectivity index (χ1) is 5.91. The summed E-state index contributed by atoms with van der Waals surface area (Å²) in [5, 5.41) is 22.8. The van der Waals surface area contributed by atoms with E-state index in [9.17, 15) is 0 Å². The largest absolute Gasteiger partial charge is 0.359 e. The third-order valence-electron chi connectivity index (χ3n) is 1.85. The molecule has 0 heterocycles. The molecule has 0 aromatic rings. The molecule has 0 aliphatic rings. The first-order valence-electron chi connectivity index (χ1n) is 4.31. The second-order valence-corrected chi connectivity index (χ2v) is 3.49. The van der Waals surface area contributed by atoms with E-state index in [-0.39, 0.29) is 17.5 Å². The number of hydrogen-bond donors (Lipinski definition) is 5. The van der Waals surface area contributed by atoms with Crippen molar-refractivity contribution in [2.24, 2.45) is 0 Å². The van der Waals surface area contributed by atoms with Crippen LogP contribution in [0.3, 0.4) is 0 Å². The van der Waals surface area contributed by atoms with Crippen LogP contribution in [0, 0.1) is 10.8 Å². The second kappa shape index (κ2) is 4.69. The Morgan fingerprint density at radius 3 is 2.15 bits per heavy atom. The van der Waals surface area contributed by atoms with Crippen molar-refractivity contribution in [1.29, 1.82) is 10.8 Å². The molecule has 0 spiro atoms. The summed E-state index contributed by atoms with van der Waals surface area (Å²) in [6.07, 6.45) is 0.921. The van der Waals surface area contributed by atoms with Crippen molar-refractivity contribution in [3.05, 3.63) is 0 Å². The predicted molar refractivity (Wildman–Crippen MR) is 55.2 cm³/mol. The van der Waals surface area contributed by atoms with Gasteiger partial charge in [-0.2, -0.15) is 0 Å². The molecular weight excluding hydrogens is 166 g/mol. The van der Waals surface area contributed by atoms with E-state index in [1.165, 1.54) is 0 Å². The quantitative estimate of drug-likeness (QED) is 0.320. The van der Waals surface area contributed by atoms with Gasteiger partial charge in [-0.05, 0) is 20.3 Å². The molecule has 0 aromatic carbocycles. The highest BCUT2D eigenvalue weighted by molar-refractivity contribution is 5.95. The molecule has 5 heteroatoms. The van der Waals surface area contributed by atoms with Gasteiger partial charge >= 0.3 is 0 Å². The van der Waals surface area contributed by atoms with Crippen molar-refractivity contribution in [2.45, 2.75) is 32.7 Å². The predicted octanol–water partition coefficient (Wildman–Crippen LogP) is 0.443. The highest BCUT2D eigenvalue weighted by Crippen LogP contribution is 2.05. The van der Waals surface area contributed by atoms with Crippen LogP contribution < -0.4 is 16.0 Å². The van der Waals surface area contributed by atoms with Crippen molar-refractivity contribution in [1.82, 2.24) is 16.0 Å². The van der Waals surface area contributed by atoms with Gasteiger partial charge in [0, 0.05) is 12.6 Å². The Labute approximate surface area is 79.3 Å². The van der Waals surface area contributed by atoms with Crippen LogP contribution in [0.15, 0.2) is 0 Å². The maximum atomic E-state index is 7.48. The summed E-state index contributed by atoms with van der Waals surface area (Å²) in [5.41, 5.74) is -0.113. The summed E-state index contributed by atoms with van der Waals surface area (Å²) in [4.78, 5) is 0. The molecule has 0 aliphatic heterocycles. The van der Waals surface area contributed by atoms with E-state index in [1.54, 1.807) is 7.05 Å². The molecule has 0 saturated carbocycles. The van der Waals surface area contributed by atoms with Crippen LogP contribution in [0.5, 0.6) is 0 Å². The first-order valence-corrected chi connectivity index (χ1v) is 4.31. The highest BCUT2D eigenvalue weighted by Gasteiger charge is 2.15. The molecule has 5 N–H and O–H groups in total. The smallest absolute Gasteiger partial charge is 0.195 e. The Kier molecular flexibility index (Phi) is 4.23. The van der Waals surface area contributed by atoms with Gasteiger partial charge < -0.3 is 10.6 Å². The van der Waals surface area contributed by atoms with E-state index in [1.807, 2.05) is 20.8 Å². The van der Waals surface area contributed by atoms with Gasteiger partial charge in [0.15, 0.2) is 11.9 Å². The van der Waals surface area contributed by atoms with Crippen LogP contribution >= 0.6 is 0 Å². The van der Waals surface area contributed by atoms with Gasteiger partial charge in [-0.1, -0.05) is 6.92 Å². The lowest BCUT2D eigenvalue weighted by molar-refractivity contribution is 0.440. The molecule has 0 aliphatic carbocycles. The Morgan fingerprint density at radius 1 is 1.23 bits per heavy atom. The van der Waals surface area contributed by atoms with E-state index < -0.39 is 0 Å². The van der Waals surface area contributed by atoms with Crippen molar-refractivity contribution >= 4 is 11.9 Å². The van der Waals surface area contributed by atoms with Crippen molar-refractivity contribution in [3.63, 3.8) is 0 Å². The minimum atomic E-state index is -0.113. The molecular formula is C8H19N5. The summed E-state index contributed by atoms with van der Waals surface area (Å²) >= 11 is 0. The molecule has 5 nitrogen and oxygen atoms in total. The van der Waals surface area contributed by atoms with Gasteiger partial charge in [-0.3, -0.25) is 16.1 Å². The maximum Gasteiger partial charge on any atom is 0.195 e. The molecule has 0 atom stereocenters.